The van der Waals surface area contributed by atoms with Gasteiger partial charge < -0.3 is 5.11 Å². The molecule has 1 unspecified atom stereocenters. The molecule has 4 nitrogen and oxygen atoms in total. The highest BCUT2D eigenvalue weighted by atomic mass is 79.9. The van der Waals surface area contributed by atoms with Crippen molar-refractivity contribution in [1.82, 2.24) is 14.6 Å². The summed E-state index contributed by atoms with van der Waals surface area (Å²) < 4.78 is 2.69. The number of nitrogens with zero attached hydrogens (tertiary/aromatic N) is 3. The predicted molar refractivity (Wildman–Crippen MR) is 75.8 cm³/mol. The Bertz CT molecular complexity index is 693. The van der Waals surface area contributed by atoms with Crippen LogP contribution in [0.5, 0.6) is 0 Å². The van der Waals surface area contributed by atoms with Crippen molar-refractivity contribution in [2.24, 2.45) is 0 Å². The molecule has 96 valence electrons. The van der Waals surface area contributed by atoms with Crippen LogP contribution < -0.4 is 0 Å². The van der Waals surface area contributed by atoms with Gasteiger partial charge in [-0.2, -0.15) is 5.10 Å². The first-order valence-corrected chi connectivity index (χ1v) is 6.74. The highest BCUT2D eigenvalue weighted by molar-refractivity contribution is 9.10. The normalized spacial score (nSPS) is 12.7. The molecule has 0 radical (unpaired) electrons. The molecule has 0 aliphatic rings. The van der Waals surface area contributed by atoms with E-state index in [-0.39, 0.29) is 0 Å². The number of aliphatic hydroxyl groups excluding tert-OH is 1. The van der Waals surface area contributed by atoms with Crippen LogP contribution in [0, 0.1) is 0 Å². The second kappa shape index (κ2) is 5.11. The van der Waals surface area contributed by atoms with Crippen molar-refractivity contribution < 1.29 is 5.11 Å². The van der Waals surface area contributed by atoms with Crippen molar-refractivity contribution in [2.75, 3.05) is 0 Å². The van der Waals surface area contributed by atoms with Crippen LogP contribution in [0.25, 0.3) is 5.52 Å². The summed E-state index contributed by atoms with van der Waals surface area (Å²) in [4.78, 5) is 4.27. The Kier molecular flexibility index (Phi) is 3.31. The Balaban J connectivity index is 1.87. The maximum absolute atomic E-state index is 10.3. The number of fused-ring (bicyclic) bond motifs is 1. The topological polar surface area (TPSA) is 50.4 Å². The van der Waals surface area contributed by atoms with Crippen LogP contribution >= 0.6 is 15.9 Å². The van der Waals surface area contributed by atoms with Crippen molar-refractivity contribution in [3.8, 4) is 0 Å². The van der Waals surface area contributed by atoms with E-state index in [1.54, 1.807) is 16.9 Å². The van der Waals surface area contributed by atoms with Crippen LogP contribution in [0.15, 0.2) is 53.4 Å². The Morgan fingerprint density at radius 2 is 2.11 bits per heavy atom. The monoisotopic (exact) mass is 317 g/mol. The van der Waals surface area contributed by atoms with Crippen molar-refractivity contribution in [2.45, 2.75) is 12.5 Å². The molecule has 0 aromatic carbocycles. The lowest BCUT2D eigenvalue weighted by molar-refractivity contribution is 0.178. The van der Waals surface area contributed by atoms with Crippen molar-refractivity contribution in [1.29, 1.82) is 0 Å². The van der Waals surface area contributed by atoms with E-state index in [2.05, 4.69) is 26.0 Å². The maximum atomic E-state index is 10.3. The van der Waals surface area contributed by atoms with Gasteiger partial charge in [-0.25, -0.2) is 4.52 Å². The Hall–Kier alpha value is -1.72. The Morgan fingerprint density at radius 3 is 2.89 bits per heavy atom. The summed E-state index contributed by atoms with van der Waals surface area (Å²) in [5.41, 5.74) is 2.60. The molecule has 0 fully saturated rings. The highest BCUT2D eigenvalue weighted by Gasteiger charge is 2.14. The van der Waals surface area contributed by atoms with E-state index in [9.17, 15) is 5.11 Å². The molecule has 0 saturated carbocycles. The average molecular weight is 318 g/mol. The summed E-state index contributed by atoms with van der Waals surface area (Å²) in [6.45, 7) is 0. The lowest BCUT2D eigenvalue weighted by Gasteiger charge is -2.08. The van der Waals surface area contributed by atoms with Crippen LogP contribution in [0.1, 0.15) is 17.4 Å². The van der Waals surface area contributed by atoms with Gasteiger partial charge in [0.1, 0.15) is 0 Å². The van der Waals surface area contributed by atoms with Gasteiger partial charge in [-0.15, -0.1) is 0 Å². The molecule has 0 bridgehead atoms. The van der Waals surface area contributed by atoms with E-state index < -0.39 is 6.10 Å². The maximum Gasteiger partial charge on any atom is 0.0882 e. The first kappa shape index (κ1) is 12.3. The second-order valence-corrected chi connectivity index (χ2v) is 5.23. The van der Waals surface area contributed by atoms with Gasteiger partial charge in [0.05, 0.1) is 17.8 Å². The Morgan fingerprint density at radius 1 is 1.21 bits per heavy atom. The fraction of sp³-hybridized carbons (Fsp3) is 0.143. The first-order chi connectivity index (χ1) is 9.24. The Labute approximate surface area is 118 Å². The van der Waals surface area contributed by atoms with Crippen LogP contribution in [-0.2, 0) is 6.42 Å². The number of aromatic nitrogens is 3. The van der Waals surface area contributed by atoms with Gasteiger partial charge in [-0.05, 0) is 40.2 Å². The molecule has 5 heteroatoms. The number of rotatable bonds is 3. The quantitative estimate of drug-likeness (QED) is 0.808. The van der Waals surface area contributed by atoms with Crippen LogP contribution in [-0.4, -0.2) is 19.7 Å². The second-order valence-electron chi connectivity index (χ2n) is 4.32. The molecule has 3 rings (SSSR count). The van der Waals surface area contributed by atoms with Crippen LogP contribution in [0.2, 0.25) is 0 Å². The standard InChI is InChI=1S/C14H12BrN3O/c15-10-4-5-11(16-8-10)7-14(19)12-9-17-18-6-2-1-3-13(12)18/h1-6,8-9,14,19H,7H2. The number of hydrogen-bond acceptors (Lipinski definition) is 3. The van der Waals surface area contributed by atoms with Crippen molar-refractivity contribution >= 4 is 21.4 Å². The van der Waals surface area contributed by atoms with E-state index in [0.717, 1.165) is 21.2 Å². The minimum atomic E-state index is -0.603. The minimum absolute atomic E-state index is 0.476. The summed E-state index contributed by atoms with van der Waals surface area (Å²) in [5, 5.41) is 14.5. The van der Waals surface area contributed by atoms with Gasteiger partial charge in [-0.1, -0.05) is 6.07 Å². The number of hydrogen-bond donors (Lipinski definition) is 1. The SMILES string of the molecule is OC(Cc1ccc(Br)cn1)c1cnn2ccccc12. The number of halogens is 1. The number of aliphatic hydroxyl groups is 1. The van der Waals surface area contributed by atoms with Crippen LogP contribution in [0.4, 0.5) is 0 Å². The zero-order valence-corrected chi connectivity index (χ0v) is 11.7. The summed E-state index contributed by atoms with van der Waals surface area (Å²) in [6.07, 6.45) is 5.18. The summed E-state index contributed by atoms with van der Waals surface area (Å²) in [6, 6.07) is 9.61. The molecule has 0 spiro atoms. The largest absolute Gasteiger partial charge is 0.388 e. The zero-order valence-electron chi connectivity index (χ0n) is 10.1. The fourth-order valence-electron chi connectivity index (χ4n) is 2.05. The lowest BCUT2D eigenvalue weighted by atomic mass is 10.1. The lowest BCUT2D eigenvalue weighted by Crippen LogP contribution is -2.03. The van der Waals surface area contributed by atoms with Gasteiger partial charge in [-0.3, -0.25) is 4.98 Å². The van der Waals surface area contributed by atoms with Gasteiger partial charge in [0.2, 0.25) is 0 Å². The summed E-state index contributed by atoms with van der Waals surface area (Å²) >= 11 is 3.34. The van der Waals surface area contributed by atoms with E-state index in [0.29, 0.717) is 6.42 Å². The molecule has 19 heavy (non-hydrogen) atoms. The molecule has 0 aliphatic heterocycles. The summed E-state index contributed by atoms with van der Waals surface area (Å²) in [5.74, 6) is 0. The van der Waals surface area contributed by atoms with E-state index in [1.165, 1.54) is 0 Å². The van der Waals surface area contributed by atoms with Gasteiger partial charge in [0, 0.05) is 34.5 Å². The molecule has 3 heterocycles. The third-order valence-corrected chi connectivity index (χ3v) is 3.48. The fourth-order valence-corrected chi connectivity index (χ4v) is 2.28. The molecule has 3 aromatic rings. The molecule has 1 N–H and O–H groups in total. The van der Waals surface area contributed by atoms with Crippen molar-refractivity contribution in [3.05, 3.63) is 64.7 Å². The van der Waals surface area contributed by atoms with Gasteiger partial charge in [0.15, 0.2) is 0 Å². The smallest absolute Gasteiger partial charge is 0.0882 e. The van der Waals surface area contributed by atoms with Crippen molar-refractivity contribution in [3.63, 3.8) is 0 Å². The number of pyridine rings is 2. The third kappa shape index (κ3) is 2.52. The molecule has 0 aliphatic carbocycles. The van der Waals surface area contributed by atoms with E-state index in [1.807, 2.05) is 36.5 Å². The average Bonchev–Trinajstić information content (AvgIpc) is 2.85. The van der Waals surface area contributed by atoms with E-state index >= 15 is 0 Å². The van der Waals surface area contributed by atoms with Crippen LogP contribution in [0.3, 0.4) is 0 Å². The third-order valence-electron chi connectivity index (χ3n) is 3.01. The van der Waals surface area contributed by atoms with Gasteiger partial charge >= 0.3 is 0 Å². The zero-order chi connectivity index (χ0) is 13.2. The molecule has 1 atom stereocenters. The summed E-state index contributed by atoms with van der Waals surface area (Å²) in [7, 11) is 0. The molecule has 0 saturated heterocycles. The minimum Gasteiger partial charge on any atom is -0.388 e. The molecular formula is C14H12BrN3O. The highest BCUT2D eigenvalue weighted by Crippen LogP contribution is 2.22. The molecule has 3 aromatic heterocycles. The first-order valence-electron chi connectivity index (χ1n) is 5.95. The molecule has 0 amide bonds. The van der Waals surface area contributed by atoms with Gasteiger partial charge in [0.25, 0.3) is 0 Å². The van der Waals surface area contributed by atoms with E-state index in [4.69, 9.17) is 0 Å². The molecular weight excluding hydrogens is 306 g/mol. The predicted octanol–water partition coefficient (Wildman–Crippen LogP) is 2.77.